The monoisotopic (exact) mass is 436 g/mol. The summed E-state index contributed by atoms with van der Waals surface area (Å²) < 4.78 is 6.29. The van der Waals surface area contributed by atoms with E-state index >= 15 is 0 Å². The molecule has 1 saturated heterocycles. The lowest BCUT2D eigenvalue weighted by atomic mass is 10.1. The molecule has 2 N–H and O–H groups in total. The van der Waals surface area contributed by atoms with Gasteiger partial charge in [-0.2, -0.15) is 0 Å². The molecule has 0 aromatic heterocycles. The van der Waals surface area contributed by atoms with Crippen LogP contribution in [0.15, 0.2) is 48.5 Å². The second-order valence-electron chi connectivity index (χ2n) is 8.41. The molecule has 0 aliphatic carbocycles. The van der Waals surface area contributed by atoms with E-state index < -0.39 is 0 Å². The molecule has 32 heavy (non-hydrogen) atoms. The lowest BCUT2D eigenvalue weighted by Gasteiger charge is -2.24. The fraction of sp³-hybridized carbons (Fsp3) is 0.440. The molecule has 1 unspecified atom stereocenters. The van der Waals surface area contributed by atoms with Crippen molar-refractivity contribution in [1.82, 2.24) is 15.5 Å². The van der Waals surface area contributed by atoms with Crippen molar-refractivity contribution in [3.8, 4) is 5.75 Å². The van der Waals surface area contributed by atoms with Crippen molar-refractivity contribution in [3.05, 3.63) is 59.7 Å². The molecule has 0 saturated carbocycles. The van der Waals surface area contributed by atoms with Crippen LogP contribution >= 0.6 is 0 Å². The highest BCUT2D eigenvalue weighted by Crippen LogP contribution is 2.26. The van der Waals surface area contributed by atoms with Crippen molar-refractivity contribution in [2.45, 2.75) is 38.8 Å². The van der Waals surface area contributed by atoms with Crippen LogP contribution < -0.4 is 20.3 Å². The van der Waals surface area contributed by atoms with E-state index in [1.165, 1.54) is 5.56 Å². The van der Waals surface area contributed by atoms with Gasteiger partial charge in [0.2, 0.25) is 0 Å². The summed E-state index contributed by atoms with van der Waals surface area (Å²) in [5, 5.41) is 5.82. The van der Waals surface area contributed by atoms with Crippen molar-refractivity contribution < 1.29 is 14.3 Å². The number of carbonyl (C=O) groups excluding carboxylic acids is 2. The number of ether oxygens (including phenoxy) is 1. The zero-order valence-corrected chi connectivity index (χ0v) is 18.7. The number of para-hydroxylation sites is 1. The van der Waals surface area contributed by atoms with Crippen LogP contribution in [0, 0.1) is 0 Å². The van der Waals surface area contributed by atoms with E-state index in [-0.39, 0.29) is 18.0 Å². The van der Waals surface area contributed by atoms with Gasteiger partial charge in [0.25, 0.3) is 5.91 Å². The van der Waals surface area contributed by atoms with Crippen LogP contribution in [0.4, 0.5) is 10.5 Å². The van der Waals surface area contributed by atoms with Crippen molar-refractivity contribution in [3.63, 3.8) is 0 Å². The van der Waals surface area contributed by atoms with E-state index in [1.54, 1.807) is 17.0 Å². The van der Waals surface area contributed by atoms with Gasteiger partial charge in [0.05, 0.1) is 0 Å². The number of nitrogens with one attached hydrogen (secondary N) is 2. The first-order chi connectivity index (χ1) is 15.6. The number of anilines is 1. The first kappa shape index (κ1) is 22.1. The maximum absolute atomic E-state index is 12.7. The maximum atomic E-state index is 12.7. The van der Waals surface area contributed by atoms with Gasteiger partial charge in [-0.25, -0.2) is 4.79 Å². The zero-order chi connectivity index (χ0) is 22.3. The zero-order valence-electron chi connectivity index (χ0n) is 18.7. The molecule has 7 heteroatoms. The summed E-state index contributed by atoms with van der Waals surface area (Å²) in [6.45, 7) is 6.40. The van der Waals surface area contributed by atoms with Crippen LogP contribution in [0.1, 0.15) is 42.1 Å². The fourth-order valence-corrected chi connectivity index (χ4v) is 4.27. The van der Waals surface area contributed by atoms with E-state index in [2.05, 4.69) is 28.5 Å². The van der Waals surface area contributed by atoms with Crippen molar-refractivity contribution in [1.29, 1.82) is 0 Å². The van der Waals surface area contributed by atoms with Crippen molar-refractivity contribution in [2.75, 3.05) is 37.6 Å². The van der Waals surface area contributed by atoms with E-state index in [0.717, 1.165) is 50.3 Å². The van der Waals surface area contributed by atoms with E-state index in [1.807, 2.05) is 30.3 Å². The Bertz CT molecular complexity index is 948. The Balaban J connectivity index is 1.35. The number of carbonyl (C=O) groups is 2. The second-order valence-corrected chi connectivity index (χ2v) is 8.41. The SMILES string of the molecule is CCCCC1CN(CCNC(=O)c2cccc(N3CCNC3=O)c2)Cc2ccccc2O1. The molecule has 2 aromatic rings. The number of hydrogen-bond acceptors (Lipinski definition) is 4. The normalized spacial score (nSPS) is 18.5. The molecule has 4 rings (SSSR count). The summed E-state index contributed by atoms with van der Waals surface area (Å²) in [6.07, 6.45) is 3.49. The quantitative estimate of drug-likeness (QED) is 0.665. The topological polar surface area (TPSA) is 73.9 Å². The van der Waals surface area contributed by atoms with Gasteiger partial charge in [0.1, 0.15) is 11.9 Å². The number of benzene rings is 2. The minimum absolute atomic E-state index is 0.121. The number of rotatable bonds is 8. The van der Waals surface area contributed by atoms with Crippen molar-refractivity contribution >= 4 is 17.6 Å². The van der Waals surface area contributed by atoms with Gasteiger partial charge < -0.3 is 15.4 Å². The van der Waals surface area contributed by atoms with E-state index in [4.69, 9.17) is 4.74 Å². The molecule has 0 bridgehead atoms. The van der Waals surface area contributed by atoms with Gasteiger partial charge in [-0.15, -0.1) is 0 Å². The van der Waals surface area contributed by atoms with Gasteiger partial charge in [0.15, 0.2) is 0 Å². The molecular formula is C25H32N4O3. The van der Waals surface area contributed by atoms with Gasteiger partial charge >= 0.3 is 6.03 Å². The third-order valence-electron chi connectivity index (χ3n) is 5.99. The minimum atomic E-state index is -0.125. The lowest BCUT2D eigenvalue weighted by molar-refractivity contribution is 0.0941. The largest absolute Gasteiger partial charge is 0.489 e. The summed E-state index contributed by atoms with van der Waals surface area (Å²) >= 11 is 0. The van der Waals surface area contributed by atoms with Crippen LogP contribution in [0.3, 0.4) is 0 Å². The molecule has 2 aliphatic rings. The lowest BCUT2D eigenvalue weighted by Crippen LogP contribution is -2.38. The first-order valence-corrected chi connectivity index (χ1v) is 11.5. The Labute approximate surface area is 189 Å². The first-order valence-electron chi connectivity index (χ1n) is 11.5. The minimum Gasteiger partial charge on any atom is -0.489 e. The number of nitrogens with zero attached hydrogens (tertiary/aromatic N) is 2. The number of urea groups is 1. The highest BCUT2D eigenvalue weighted by Gasteiger charge is 2.23. The number of amides is 3. The second kappa shape index (κ2) is 10.5. The molecule has 0 radical (unpaired) electrons. The Hall–Kier alpha value is -3.06. The van der Waals surface area contributed by atoms with Crippen LogP contribution in [0.2, 0.25) is 0 Å². The molecule has 7 nitrogen and oxygen atoms in total. The van der Waals surface area contributed by atoms with Crippen LogP contribution in [0.5, 0.6) is 5.75 Å². The Morgan fingerprint density at radius 1 is 1.22 bits per heavy atom. The fourth-order valence-electron chi connectivity index (χ4n) is 4.27. The van der Waals surface area contributed by atoms with Gasteiger partial charge in [0, 0.05) is 56.1 Å². The number of unbranched alkanes of at least 4 members (excludes halogenated alkanes) is 1. The average Bonchev–Trinajstić information content (AvgIpc) is 3.15. The molecule has 1 fully saturated rings. The predicted octanol–water partition coefficient (Wildman–Crippen LogP) is 3.40. The maximum Gasteiger partial charge on any atom is 0.321 e. The summed E-state index contributed by atoms with van der Waals surface area (Å²) in [6, 6.07) is 15.3. The molecule has 170 valence electrons. The highest BCUT2D eigenvalue weighted by atomic mass is 16.5. The van der Waals surface area contributed by atoms with Crippen LogP contribution in [-0.2, 0) is 6.54 Å². The van der Waals surface area contributed by atoms with E-state index in [0.29, 0.717) is 25.2 Å². The summed E-state index contributed by atoms with van der Waals surface area (Å²) in [7, 11) is 0. The highest BCUT2D eigenvalue weighted by molar-refractivity contribution is 5.98. The van der Waals surface area contributed by atoms with Gasteiger partial charge in [-0.1, -0.05) is 37.6 Å². The predicted molar refractivity (Wildman–Crippen MR) is 125 cm³/mol. The van der Waals surface area contributed by atoms with Gasteiger partial charge in [-0.05, 0) is 37.1 Å². The number of fused-ring (bicyclic) bond motifs is 1. The molecule has 2 aromatic carbocycles. The number of hydrogen-bond donors (Lipinski definition) is 2. The summed E-state index contributed by atoms with van der Waals surface area (Å²) in [4.78, 5) is 28.7. The third kappa shape index (κ3) is 5.40. The summed E-state index contributed by atoms with van der Waals surface area (Å²) in [5.74, 6) is 0.850. The Kier molecular flexibility index (Phi) is 7.27. The van der Waals surface area contributed by atoms with E-state index in [9.17, 15) is 9.59 Å². The Morgan fingerprint density at radius 3 is 2.91 bits per heavy atom. The molecule has 2 heterocycles. The van der Waals surface area contributed by atoms with Crippen molar-refractivity contribution in [2.24, 2.45) is 0 Å². The third-order valence-corrected chi connectivity index (χ3v) is 5.99. The van der Waals surface area contributed by atoms with Crippen LogP contribution in [0.25, 0.3) is 0 Å². The van der Waals surface area contributed by atoms with Crippen LogP contribution in [-0.4, -0.2) is 55.7 Å². The molecule has 1 atom stereocenters. The average molecular weight is 437 g/mol. The molecular weight excluding hydrogens is 404 g/mol. The standard InChI is InChI=1S/C25H32N4O3/c1-2-3-10-22-18-28(17-20-7-4-5-11-23(20)32-22)14-12-26-24(30)19-8-6-9-21(16-19)29-15-13-27-25(29)31/h4-9,11,16,22H,2-3,10,12-15,17-18H2,1H3,(H,26,30)(H,27,31). The van der Waals surface area contributed by atoms with Gasteiger partial charge in [-0.3, -0.25) is 14.6 Å². The molecule has 2 aliphatic heterocycles. The molecule has 0 spiro atoms. The smallest absolute Gasteiger partial charge is 0.321 e. The molecule has 3 amide bonds. The summed E-state index contributed by atoms with van der Waals surface area (Å²) in [5.41, 5.74) is 2.50. The Morgan fingerprint density at radius 2 is 2.09 bits per heavy atom.